The van der Waals surface area contributed by atoms with E-state index in [2.05, 4.69) is 23.5 Å². The fourth-order valence-corrected chi connectivity index (χ4v) is 3.25. The summed E-state index contributed by atoms with van der Waals surface area (Å²) in [5.41, 5.74) is 3.40. The van der Waals surface area contributed by atoms with E-state index in [1.165, 1.54) is 11.1 Å². The van der Waals surface area contributed by atoms with Crippen LogP contribution in [0.5, 0.6) is 11.5 Å². The van der Waals surface area contributed by atoms with Crippen LogP contribution in [0.2, 0.25) is 0 Å². The summed E-state index contributed by atoms with van der Waals surface area (Å²) in [6.45, 7) is 0. The van der Waals surface area contributed by atoms with Gasteiger partial charge in [0.25, 0.3) is 0 Å². The highest BCUT2D eigenvalue weighted by Crippen LogP contribution is 2.29. The minimum atomic E-state index is -0.0976. The number of fused-ring (bicyclic) bond motifs is 1. The molecule has 0 bridgehead atoms. The number of aryl methyl sites for hydroxylation is 1. The largest absolute Gasteiger partial charge is 0.497 e. The summed E-state index contributed by atoms with van der Waals surface area (Å²) in [4.78, 5) is 12.4. The van der Waals surface area contributed by atoms with Crippen LogP contribution in [-0.4, -0.2) is 20.1 Å². The van der Waals surface area contributed by atoms with Gasteiger partial charge in [-0.25, -0.2) is 0 Å². The lowest BCUT2D eigenvalue weighted by molar-refractivity contribution is -0.117. The zero-order chi connectivity index (χ0) is 17.6. The van der Waals surface area contributed by atoms with Gasteiger partial charge in [-0.1, -0.05) is 24.3 Å². The number of benzene rings is 2. The Morgan fingerprint density at radius 3 is 2.80 bits per heavy atom. The van der Waals surface area contributed by atoms with Gasteiger partial charge < -0.3 is 14.8 Å². The lowest BCUT2D eigenvalue weighted by Gasteiger charge is -2.25. The number of carbonyl (C=O) groups excluding carboxylic acids is 1. The quantitative estimate of drug-likeness (QED) is 0.842. The molecule has 0 radical (unpaired) electrons. The first-order valence-electron chi connectivity index (χ1n) is 8.49. The third-order valence-electron chi connectivity index (χ3n) is 4.54. The topological polar surface area (TPSA) is 47.6 Å². The van der Waals surface area contributed by atoms with Crippen LogP contribution in [0.25, 0.3) is 6.08 Å². The fraction of sp³-hybridized carbons (Fsp3) is 0.286. The van der Waals surface area contributed by atoms with E-state index in [1.54, 1.807) is 32.4 Å². The average molecular weight is 337 g/mol. The number of rotatable bonds is 5. The number of ether oxygens (including phenoxy) is 2. The van der Waals surface area contributed by atoms with Gasteiger partial charge >= 0.3 is 0 Å². The summed E-state index contributed by atoms with van der Waals surface area (Å²) in [5, 5.41) is 3.11. The van der Waals surface area contributed by atoms with Gasteiger partial charge in [0.1, 0.15) is 11.5 Å². The van der Waals surface area contributed by atoms with E-state index in [9.17, 15) is 4.79 Å². The van der Waals surface area contributed by atoms with Gasteiger partial charge in [0.15, 0.2) is 0 Å². The summed E-state index contributed by atoms with van der Waals surface area (Å²) in [6, 6.07) is 13.9. The van der Waals surface area contributed by atoms with E-state index in [4.69, 9.17) is 9.47 Å². The maximum atomic E-state index is 12.4. The van der Waals surface area contributed by atoms with Crippen LogP contribution in [0.4, 0.5) is 0 Å². The first-order chi connectivity index (χ1) is 12.2. The molecule has 25 heavy (non-hydrogen) atoms. The van der Waals surface area contributed by atoms with Crippen molar-refractivity contribution in [2.75, 3.05) is 14.2 Å². The molecular weight excluding hydrogens is 314 g/mol. The van der Waals surface area contributed by atoms with E-state index in [-0.39, 0.29) is 11.9 Å². The fourth-order valence-electron chi connectivity index (χ4n) is 3.25. The molecule has 0 spiro atoms. The highest BCUT2D eigenvalue weighted by Gasteiger charge is 2.20. The Balaban J connectivity index is 1.70. The zero-order valence-corrected chi connectivity index (χ0v) is 14.6. The number of carbonyl (C=O) groups is 1. The second kappa shape index (κ2) is 7.88. The molecule has 3 rings (SSSR count). The molecule has 0 aliphatic heterocycles. The molecule has 4 nitrogen and oxygen atoms in total. The summed E-state index contributed by atoms with van der Waals surface area (Å²) < 4.78 is 10.5. The molecule has 1 atom stereocenters. The second-order valence-electron chi connectivity index (χ2n) is 6.09. The Morgan fingerprint density at radius 1 is 1.16 bits per heavy atom. The van der Waals surface area contributed by atoms with Crippen molar-refractivity contribution in [2.24, 2.45) is 0 Å². The van der Waals surface area contributed by atoms with Gasteiger partial charge in [-0.05, 0) is 48.6 Å². The number of amides is 1. The van der Waals surface area contributed by atoms with Crippen LogP contribution in [0, 0.1) is 0 Å². The normalized spacial score (nSPS) is 16.3. The zero-order valence-electron chi connectivity index (χ0n) is 14.6. The first-order valence-corrected chi connectivity index (χ1v) is 8.49. The molecule has 0 saturated carbocycles. The van der Waals surface area contributed by atoms with Crippen molar-refractivity contribution in [3.8, 4) is 11.5 Å². The molecule has 4 heteroatoms. The van der Waals surface area contributed by atoms with Crippen molar-refractivity contribution < 1.29 is 14.3 Å². The van der Waals surface area contributed by atoms with Crippen LogP contribution < -0.4 is 14.8 Å². The lowest BCUT2D eigenvalue weighted by atomic mass is 9.88. The molecule has 2 aromatic rings. The maximum Gasteiger partial charge on any atom is 0.244 e. The molecule has 1 unspecified atom stereocenters. The summed E-state index contributed by atoms with van der Waals surface area (Å²) >= 11 is 0. The summed E-state index contributed by atoms with van der Waals surface area (Å²) in [7, 11) is 3.21. The number of methoxy groups -OCH3 is 2. The first kappa shape index (κ1) is 17.1. The smallest absolute Gasteiger partial charge is 0.244 e. The predicted octanol–water partition coefficient (Wildman–Crippen LogP) is 3.91. The highest BCUT2D eigenvalue weighted by atomic mass is 16.5. The molecule has 1 aliphatic carbocycles. The average Bonchev–Trinajstić information content (AvgIpc) is 2.66. The van der Waals surface area contributed by atoms with Gasteiger partial charge in [-0.2, -0.15) is 0 Å². The van der Waals surface area contributed by atoms with Gasteiger partial charge in [0.05, 0.1) is 20.3 Å². The van der Waals surface area contributed by atoms with Crippen LogP contribution in [0.1, 0.15) is 35.6 Å². The minimum absolute atomic E-state index is 0.0832. The minimum Gasteiger partial charge on any atom is -0.497 e. The molecular formula is C21H23NO3. The number of hydrogen-bond acceptors (Lipinski definition) is 3. The third-order valence-corrected chi connectivity index (χ3v) is 4.54. The second-order valence-corrected chi connectivity index (χ2v) is 6.09. The van der Waals surface area contributed by atoms with Crippen LogP contribution in [0.3, 0.4) is 0 Å². The van der Waals surface area contributed by atoms with Crippen molar-refractivity contribution in [3.05, 3.63) is 65.2 Å². The van der Waals surface area contributed by atoms with Gasteiger partial charge in [0, 0.05) is 17.7 Å². The Hall–Kier alpha value is -2.75. The molecule has 130 valence electrons. The van der Waals surface area contributed by atoms with Gasteiger partial charge in [0.2, 0.25) is 5.91 Å². The molecule has 1 aliphatic rings. The standard InChI is InChI=1S/C21H23NO3/c1-24-17-12-10-16(20(14-17)25-2)11-13-21(23)22-19-9-5-7-15-6-3-4-8-18(15)19/h3-4,6,8,10-14,19H,5,7,9H2,1-2H3,(H,22,23). The highest BCUT2D eigenvalue weighted by molar-refractivity contribution is 5.92. The van der Waals surface area contributed by atoms with E-state index in [1.807, 2.05) is 18.2 Å². The van der Waals surface area contributed by atoms with Crippen molar-refractivity contribution in [1.82, 2.24) is 5.32 Å². The number of nitrogens with one attached hydrogen (secondary N) is 1. The van der Waals surface area contributed by atoms with E-state index < -0.39 is 0 Å². The summed E-state index contributed by atoms with van der Waals surface area (Å²) in [6.07, 6.45) is 6.48. The number of hydrogen-bond donors (Lipinski definition) is 1. The van der Waals surface area contributed by atoms with E-state index in [0.717, 1.165) is 30.6 Å². The van der Waals surface area contributed by atoms with Crippen LogP contribution in [-0.2, 0) is 11.2 Å². The van der Waals surface area contributed by atoms with Crippen molar-refractivity contribution in [1.29, 1.82) is 0 Å². The van der Waals surface area contributed by atoms with Crippen LogP contribution >= 0.6 is 0 Å². The Morgan fingerprint density at radius 2 is 2.00 bits per heavy atom. The Kier molecular flexibility index (Phi) is 5.39. The molecule has 0 saturated heterocycles. The Bertz CT molecular complexity index is 782. The molecule has 1 amide bonds. The van der Waals surface area contributed by atoms with Crippen molar-refractivity contribution in [3.63, 3.8) is 0 Å². The molecule has 2 aromatic carbocycles. The van der Waals surface area contributed by atoms with Crippen LogP contribution in [0.15, 0.2) is 48.5 Å². The molecule has 0 heterocycles. The Labute approximate surface area is 148 Å². The summed E-state index contributed by atoms with van der Waals surface area (Å²) in [5.74, 6) is 1.29. The monoisotopic (exact) mass is 337 g/mol. The molecule has 0 fully saturated rings. The van der Waals surface area contributed by atoms with Crippen molar-refractivity contribution >= 4 is 12.0 Å². The SMILES string of the molecule is COc1ccc(C=CC(=O)NC2CCCc3ccccc32)c(OC)c1. The lowest BCUT2D eigenvalue weighted by Crippen LogP contribution is -2.29. The van der Waals surface area contributed by atoms with E-state index in [0.29, 0.717) is 5.75 Å². The van der Waals surface area contributed by atoms with E-state index >= 15 is 0 Å². The predicted molar refractivity (Wildman–Crippen MR) is 98.8 cm³/mol. The van der Waals surface area contributed by atoms with Gasteiger partial charge in [-0.15, -0.1) is 0 Å². The van der Waals surface area contributed by atoms with Gasteiger partial charge in [-0.3, -0.25) is 4.79 Å². The maximum absolute atomic E-state index is 12.4. The molecule has 0 aromatic heterocycles. The molecule has 1 N–H and O–H groups in total. The third kappa shape index (κ3) is 4.02. The van der Waals surface area contributed by atoms with Crippen molar-refractivity contribution in [2.45, 2.75) is 25.3 Å².